The first-order valence-electron chi connectivity index (χ1n) is 7.04. The normalized spacial score (nSPS) is 12.3. The van der Waals surface area contributed by atoms with E-state index in [1.807, 2.05) is 19.1 Å². The number of hydrogen-bond donors (Lipinski definition) is 1. The highest BCUT2D eigenvalue weighted by Crippen LogP contribution is 2.28. The van der Waals surface area contributed by atoms with Crippen LogP contribution in [0.15, 0.2) is 24.3 Å². The first-order valence-corrected chi connectivity index (χ1v) is 7.04. The van der Waals surface area contributed by atoms with E-state index in [1.54, 1.807) is 4.68 Å². The predicted molar refractivity (Wildman–Crippen MR) is 81.8 cm³/mol. The summed E-state index contributed by atoms with van der Waals surface area (Å²) < 4.78 is 1.65. The van der Waals surface area contributed by atoms with Gasteiger partial charge in [0.15, 0.2) is 6.29 Å². The SMILES string of the molecule is CCC(C)c1ccc(-c2nn(CC)c(N)c2C=O)cc1. The Labute approximate surface area is 119 Å². The second-order valence-electron chi connectivity index (χ2n) is 5.01. The van der Waals surface area contributed by atoms with Crippen LogP contribution in [0.3, 0.4) is 0 Å². The molecule has 0 fully saturated rings. The average molecular weight is 271 g/mol. The second kappa shape index (κ2) is 5.90. The highest BCUT2D eigenvalue weighted by molar-refractivity contribution is 5.91. The largest absolute Gasteiger partial charge is 0.383 e. The van der Waals surface area contributed by atoms with Crippen molar-refractivity contribution in [2.45, 2.75) is 39.7 Å². The van der Waals surface area contributed by atoms with Crippen LogP contribution in [0.4, 0.5) is 5.82 Å². The number of rotatable bonds is 5. The number of aryl methyl sites for hydroxylation is 1. The zero-order chi connectivity index (χ0) is 14.7. The van der Waals surface area contributed by atoms with Crippen molar-refractivity contribution in [3.8, 4) is 11.3 Å². The van der Waals surface area contributed by atoms with E-state index in [9.17, 15) is 4.79 Å². The number of nitrogens with zero attached hydrogens (tertiary/aromatic N) is 2. The van der Waals surface area contributed by atoms with Crippen LogP contribution in [0.2, 0.25) is 0 Å². The molecule has 0 saturated heterocycles. The van der Waals surface area contributed by atoms with Gasteiger partial charge in [0.25, 0.3) is 0 Å². The number of benzene rings is 1. The number of hydrogen-bond acceptors (Lipinski definition) is 3. The minimum atomic E-state index is 0.434. The minimum Gasteiger partial charge on any atom is -0.383 e. The van der Waals surface area contributed by atoms with E-state index in [1.165, 1.54) is 5.56 Å². The average Bonchev–Trinajstić information content (AvgIpc) is 2.82. The summed E-state index contributed by atoms with van der Waals surface area (Å²) in [5.41, 5.74) is 9.30. The van der Waals surface area contributed by atoms with Crippen molar-refractivity contribution in [2.24, 2.45) is 0 Å². The maximum absolute atomic E-state index is 11.2. The molecule has 4 heteroatoms. The van der Waals surface area contributed by atoms with Crippen molar-refractivity contribution in [3.05, 3.63) is 35.4 Å². The Morgan fingerprint density at radius 2 is 1.95 bits per heavy atom. The summed E-state index contributed by atoms with van der Waals surface area (Å²) in [4.78, 5) is 11.2. The molecule has 1 aromatic carbocycles. The van der Waals surface area contributed by atoms with E-state index >= 15 is 0 Å². The number of carbonyl (C=O) groups excluding carboxylic acids is 1. The molecule has 0 bridgehead atoms. The second-order valence-corrected chi connectivity index (χ2v) is 5.01. The molecule has 1 atom stereocenters. The van der Waals surface area contributed by atoms with E-state index in [0.29, 0.717) is 29.5 Å². The molecule has 0 aliphatic carbocycles. The van der Waals surface area contributed by atoms with Crippen LogP contribution in [0.25, 0.3) is 11.3 Å². The maximum Gasteiger partial charge on any atom is 0.156 e. The fourth-order valence-electron chi connectivity index (χ4n) is 2.26. The molecule has 1 unspecified atom stereocenters. The molecule has 1 heterocycles. The zero-order valence-electron chi connectivity index (χ0n) is 12.3. The molecule has 0 spiro atoms. The molecule has 0 amide bonds. The standard InChI is InChI=1S/C16H21N3O/c1-4-11(3)12-6-8-13(9-7-12)15-14(10-20)16(17)19(5-2)18-15/h6-11H,4-5,17H2,1-3H3. The smallest absolute Gasteiger partial charge is 0.156 e. The lowest BCUT2D eigenvalue weighted by Crippen LogP contribution is -2.02. The molecule has 4 nitrogen and oxygen atoms in total. The summed E-state index contributed by atoms with van der Waals surface area (Å²) in [6, 6.07) is 8.21. The molecule has 0 saturated carbocycles. The molecule has 20 heavy (non-hydrogen) atoms. The number of anilines is 1. The fourth-order valence-corrected chi connectivity index (χ4v) is 2.26. The van der Waals surface area contributed by atoms with Gasteiger partial charge in [0.05, 0.1) is 5.56 Å². The number of aromatic nitrogens is 2. The van der Waals surface area contributed by atoms with E-state index in [2.05, 4.69) is 31.1 Å². The van der Waals surface area contributed by atoms with Crippen LogP contribution in [0, 0.1) is 0 Å². The fraction of sp³-hybridized carbons (Fsp3) is 0.375. The summed E-state index contributed by atoms with van der Waals surface area (Å²) in [6.45, 7) is 6.98. The van der Waals surface area contributed by atoms with Crippen LogP contribution in [-0.2, 0) is 6.54 Å². The lowest BCUT2D eigenvalue weighted by molar-refractivity contribution is 0.112. The Bertz CT molecular complexity index is 599. The van der Waals surface area contributed by atoms with Crippen molar-refractivity contribution < 1.29 is 4.79 Å². The predicted octanol–water partition coefficient (Wildman–Crippen LogP) is 3.48. The van der Waals surface area contributed by atoms with E-state index < -0.39 is 0 Å². The van der Waals surface area contributed by atoms with Gasteiger partial charge in [0.1, 0.15) is 11.5 Å². The third-order valence-electron chi connectivity index (χ3n) is 3.81. The maximum atomic E-state index is 11.2. The van der Waals surface area contributed by atoms with Gasteiger partial charge < -0.3 is 5.73 Å². The molecular weight excluding hydrogens is 250 g/mol. The van der Waals surface area contributed by atoms with E-state index in [-0.39, 0.29) is 0 Å². The van der Waals surface area contributed by atoms with Gasteiger partial charge in [-0.15, -0.1) is 0 Å². The van der Waals surface area contributed by atoms with Crippen LogP contribution in [-0.4, -0.2) is 16.1 Å². The third-order valence-corrected chi connectivity index (χ3v) is 3.81. The Hall–Kier alpha value is -2.10. The van der Waals surface area contributed by atoms with Crippen LogP contribution >= 0.6 is 0 Å². The molecule has 0 radical (unpaired) electrons. The van der Waals surface area contributed by atoms with Gasteiger partial charge in [0, 0.05) is 12.1 Å². The minimum absolute atomic E-state index is 0.434. The Morgan fingerprint density at radius 3 is 2.45 bits per heavy atom. The molecule has 1 aromatic heterocycles. The summed E-state index contributed by atoms with van der Waals surface area (Å²) in [5, 5.41) is 4.42. The van der Waals surface area contributed by atoms with Crippen molar-refractivity contribution in [1.82, 2.24) is 9.78 Å². The van der Waals surface area contributed by atoms with Gasteiger partial charge in [-0.25, -0.2) is 4.68 Å². The number of carbonyl (C=O) groups is 1. The van der Waals surface area contributed by atoms with Gasteiger partial charge in [-0.05, 0) is 24.8 Å². The number of aldehydes is 1. The topological polar surface area (TPSA) is 60.9 Å². The van der Waals surface area contributed by atoms with E-state index in [0.717, 1.165) is 18.3 Å². The third kappa shape index (κ3) is 2.46. The summed E-state index contributed by atoms with van der Waals surface area (Å²) in [6.07, 6.45) is 1.89. The Balaban J connectivity index is 2.44. The first kappa shape index (κ1) is 14.3. The molecule has 106 valence electrons. The Morgan fingerprint density at radius 1 is 1.30 bits per heavy atom. The lowest BCUT2D eigenvalue weighted by Gasteiger charge is -2.09. The Kier molecular flexibility index (Phi) is 4.23. The highest BCUT2D eigenvalue weighted by atomic mass is 16.1. The molecular formula is C16H21N3O. The van der Waals surface area contributed by atoms with Gasteiger partial charge in [-0.1, -0.05) is 38.1 Å². The molecule has 0 aliphatic rings. The van der Waals surface area contributed by atoms with Crippen LogP contribution < -0.4 is 5.73 Å². The lowest BCUT2D eigenvalue weighted by atomic mass is 9.96. The van der Waals surface area contributed by atoms with E-state index in [4.69, 9.17) is 5.73 Å². The van der Waals surface area contributed by atoms with Crippen molar-refractivity contribution >= 4 is 12.1 Å². The monoisotopic (exact) mass is 271 g/mol. The van der Waals surface area contributed by atoms with Crippen molar-refractivity contribution in [1.29, 1.82) is 0 Å². The number of nitrogen functional groups attached to an aromatic ring is 1. The molecule has 2 rings (SSSR count). The van der Waals surface area contributed by atoms with Gasteiger partial charge in [0.2, 0.25) is 0 Å². The van der Waals surface area contributed by atoms with Crippen LogP contribution in [0.1, 0.15) is 49.0 Å². The zero-order valence-corrected chi connectivity index (χ0v) is 12.3. The summed E-state index contributed by atoms with van der Waals surface area (Å²) in [5.74, 6) is 0.969. The van der Waals surface area contributed by atoms with Crippen molar-refractivity contribution in [2.75, 3.05) is 5.73 Å². The van der Waals surface area contributed by atoms with Gasteiger partial charge >= 0.3 is 0 Å². The first-order chi connectivity index (χ1) is 9.62. The van der Waals surface area contributed by atoms with Gasteiger partial charge in [-0.3, -0.25) is 4.79 Å². The van der Waals surface area contributed by atoms with Crippen molar-refractivity contribution in [3.63, 3.8) is 0 Å². The molecule has 2 aromatic rings. The highest BCUT2D eigenvalue weighted by Gasteiger charge is 2.16. The summed E-state index contributed by atoms with van der Waals surface area (Å²) in [7, 11) is 0. The quantitative estimate of drug-likeness (QED) is 0.847. The number of nitrogens with two attached hydrogens (primary N) is 1. The molecule has 0 aliphatic heterocycles. The molecule has 2 N–H and O–H groups in total. The summed E-state index contributed by atoms with van der Waals surface area (Å²) >= 11 is 0. The van der Waals surface area contributed by atoms with Gasteiger partial charge in [-0.2, -0.15) is 5.10 Å². The van der Waals surface area contributed by atoms with Crippen LogP contribution in [0.5, 0.6) is 0 Å².